The predicted octanol–water partition coefficient (Wildman–Crippen LogP) is 2.76. The van der Waals surface area contributed by atoms with Gasteiger partial charge in [-0.1, -0.05) is 6.07 Å². The molecule has 4 rings (SSSR count). The molecule has 0 radical (unpaired) electrons. The summed E-state index contributed by atoms with van der Waals surface area (Å²) in [6.07, 6.45) is 2.58. The Hall–Kier alpha value is -2.28. The third-order valence-corrected chi connectivity index (χ3v) is 5.50. The number of ether oxygens (including phenoxy) is 1. The summed E-state index contributed by atoms with van der Waals surface area (Å²) in [5.74, 6) is -1.86. The Bertz CT molecular complexity index is 831. The molecule has 138 valence electrons. The second kappa shape index (κ2) is 6.46. The third-order valence-electron chi connectivity index (χ3n) is 5.50. The van der Waals surface area contributed by atoms with Crippen molar-refractivity contribution in [3.8, 4) is 0 Å². The number of carbonyl (C=O) groups is 1. The van der Waals surface area contributed by atoms with Crippen LogP contribution in [0.3, 0.4) is 0 Å². The van der Waals surface area contributed by atoms with Crippen LogP contribution in [0.15, 0.2) is 24.4 Å². The summed E-state index contributed by atoms with van der Waals surface area (Å²) in [4.78, 5) is 12.7. The van der Waals surface area contributed by atoms with Crippen molar-refractivity contribution >= 4 is 5.91 Å². The SMILES string of the molecule is Cc1c([C@H]2OCC[C@@H]2C(=O)N[C@@H]2C[C@H]2c2c(F)cccc2F)cnn1C. The van der Waals surface area contributed by atoms with Crippen LogP contribution in [0.25, 0.3) is 0 Å². The number of hydrogen-bond donors (Lipinski definition) is 1. The van der Waals surface area contributed by atoms with Crippen molar-refractivity contribution < 1.29 is 18.3 Å². The van der Waals surface area contributed by atoms with Crippen molar-refractivity contribution in [1.29, 1.82) is 0 Å². The van der Waals surface area contributed by atoms with Gasteiger partial charge in [0.1, 0.15) is 11.6 Å². The smallest absolute Gasteiger partial charge is 0.226 e. The van der Waals surface area contributed by atoms with Gasteiger partial charge in [0.15, 0.2) is 0 Å². The molecule has 1 aliphatic heterocycles. The van der Waals surface area contributed by atoms with E-state index in [9.17, 15) is 13.6 Å². The van der Waals surface area contributed by atoms with E-state index in [-0.39, 0.29) is 35.5 Å². The normalized spacial score (nSPS) is 27.5. The lowest BCUT2D eigenvalue weighted by Gasteiger charge is -2.18. The van der Waals surface area contributed by atoms with Crippen LogP contribution in [-0.4, -0.2) is 28.3 Å². The molecule has 1 aromatic heterocycles. The number of carbonyl (C=O) groups excluding carboxylic acids is 1. The highest BCUT2D eigenvalue weighted by Gasteiger charge is 2.45. The molecule has 0 spiro atoms. The number of amides is 1. The molecule has 1 saturated carbocycles. The molecule has 1 N–H and O–H groups in total. The Morgan fingerprint density at radius 2 is 2.08 bits per heavy atom. The quantitative estimate of drug-likeness (QED) is 0.911. The summed E-state index contributed by atoms with van der Waals surface area (Å²) in [5, 5.41) is 7.17. The number of aromatic nitrogens is 2. The van der Waals surface area contributed by atoms with Gasteiger partial charge in [0, 0.05) is 42.4 Å². The predicted molar refractivity (Wildman–Crippen MR) is 90.4 cm³/mol. The topological polar surface area (TPSA) is 56.1 Å². The van der Waals surface area contributed by atoms with Gasteiger partial charge in [-0.05, 0) is 31.9 Å². The maximum atomic E-state index is 13.9. The Morgan fingerprint density at radius 1 is 1.35 bits per heavy atom. The maximum Gasteiger partial charge on any atom is 0.226 e. The van der Waals surface area contributed by atoms with Crippen LogP contribution < -0.4 is 5.32 Å². The number of rotatable bonds is 4. The molecule has 2 fully saturated rings. The van der Waals surface area contributed by atoms with E-state index in [1.54, 1.807) is 10.9 Å². The van der Waals surface area contributed by atoms with E-state index in [4.69, 9.17) is 4.74 Å². The number of nitrogens with zero attached hydrogens (tertiary/aromatic N) is 2. The summed E-state index contributed by atoms with van der Waals surface area (Å²) in [7, 11) is 1.85. The average molecular weight is 361 g/mol. The van der Waals surface area contributed by atoms with Gasteiger partial charge in [0.05, 0.1) is 18.2 Å². The molecule has 26 heavy (non-hydrogen) atoms. The van der Waals surface area contributed by atoms with Crippen molar-refractivity contribution in [2.24, 2.45) is 13.0 Å². The fourth-order valence-electron chi connectivity index (χ4n) is 3.79. The molecule has 2 aliphatic rings. The first-order valence-corrected chi connectivity index (χ1v) is 8.81. The maximum absolute atomic E-state index is 13.9. The molecule has 2 aromatic rings. The lowest BCUT2D eigenvalue weighted by atomic mass is 9.95. The zero-order chi connectivity index (χ0) is 18.4. The van der Waals surface area contributed by atoms with Crippen molar-refractivity contribution in [2.75, 3.05) is 6.61 Å². The van der Waals surface area contributed by atoms with Crippen molar-refractivity contribution in [3.05, 3.63) is 52.9 Å². The van der Waals surface area contributed by atoms with Crippen LogP contribution in [0.1, 0.15) is 41.7 Å². The second-order valence-electron chi connectivity index (χ2n) is 7.09. The molecule has 7 heteroatoms. The van der Waals surface area contributed by atoms with Crippen LogP contribution in [0.2, 0.25) is 0 Å². The van der Waals surface area contributed by atoms with Crippen LogP contribution in [0.5, 0.6) is 0 Å². The number of benzene rings is 1. The fourth-order valence-corrected chi connectivity index (χ4v) is 3.79. The minimum absolute atomic E-state index is 0.0696. The molecule has 1 saturated heterocycles. The first kappa shape index (κ1) is 17.1. The summed E-state index contributed by atoms with van der Waals surface area (Å²) in [6, 6.07) is 3.62. The van der Waals surface area contributed by atoms with Gasteiger partial charge in [-0.3, -0.25) is 9.48 Å². The molecular formula is C19H21F2N3O2. The van der Waals surface area contributed by atoms with Gasteiger partial charge in [0.2, 0.25) is 5.91 Å². The fraction of sp³-hybridized carbons (Fsp3) is 0.474. The van der Waals surface area contributed by atoms with E-state index in [2.05, 4.69) is 10.4 Å². The number of halogens is 2. The van der Waals surface area contributed by atoms with Crippen molar-refractivity contribution in [3.63, 3.8) is 0 Å². The van der Waals surface area contributed by atoms with E-state index in [1.165, 1.54) is 18.2 Å². The van der Waals surface area contributed by atoms with Crippen LogP contribution in [-0.2, 0) is 16.6 Å². The lowest BCUT2D eigenvalue weighted by molar-refractivity contribution is -0.127. The number of aryl methyl sites for hydroxylation is 1. The monoisotopic (exact) mass is 361 g/mol. The molecule has 0 bridgehead atoms. The van der Waals surface area contributed by atoms with Crippen molar-refractivity contribution in [1.82, 2.24) is 15.1 Å². The van der Waals surface area contributed by atoms with Gasteiger partial charge in [0.25, 0.3) is 0 Å². The molecule has 4 atom stereocenters. The van der Waals surface area contributed by atoms with Gasteiger partial charge >= 0.3 is 0 Å². The highest BCUT2D eigenvalue weighted by molar-refractivity contribution is 5.80. The van der Waals surface area contributed by atoms with E-state index < -0.39 is 11.6 Å². The largest absolute Gasteiger partial charge is 0.373 e. The second-order valence-corrected chi connectivity index (χ2v) is 7.09. The Balaban J connectivity index is 1.45. The zero-order valence-corrected chi connectivity index (χ0v) is 14.7. The first-order valence-electron chi connectivity index (χ1n) is 8.81. The van der Waals surface area contributed by atoms with Gasteiger partial charge < -0.3 is 10.1 Å². The van der Waals surface area contributed by atoms with E-state index in [0.29, 0.717) is 19.4 Å². The first-order chi connectivity index (χ1) is 12.5. The van der Waals surface area contributed by atoms with Gasteiger partial charge in [-0.15, -0.1) is 0 Å². The minimum Gasteiger partial charge on any atom is -0.373 e. The molecular weight excluding hydrogens is 340 g/mol. The molecule has 1 amide bonds. The molecule has 5 nitrogen and oxygen atoms in total. The molecule has 0 unspecified atom stereocenters. The minimum atomic E-state index is -0.556. The summed E-state index contributed by atoms with van der Waals surface area (Å²) in [6.45, 7) is 2.45. The van der Waals surface area contributed by atoms with E-state index in [1.807, 2.05) is 14.0 Å². The lowest BCUT2D eigenvalue weighted by Crippen LogP contribution is -2.34. The Morgan fingerprint density at radius 3 is 2.73 bits per heavy atom. The summed E-state index contributed by atoms with van der Waals surface area (Å²) in [5.41, 5.74) is 1.95. The average Bonchev–Trinajstić information content (AvgIpc) is 3.02. The zero-order valence-electron chi connectivity index (χ0n) is 14.7. The highest BCUT2D eigenvalue weighted by atomic mass is 19.1. The van der Waals surface area contributed by atoms with Gasteiger partial charge in [-0.2, -0.15) is 5.10 Å². The standard InChI is InChI=1S/C19H21F2N3O2/c1-10-13(9-22-24(10)2)18-11(6-7-26-18)19(25)23-16-8-12(16)17-14(20)4-3-5-15(17)21/h3-5,9,11-12,16,18H,6-8H2,1-2H3,(H,23,25)/t11-,12+,16+,18-/m0/s1. The van der Waals surface area contributed by atoms with Crippen LogP contribution in [0, 0.1) is 24.5 Å². The molecule has 1 aromatic carbocycles. The third kappa shape index (κ3) is 2.90. The number of hydrogen-bond acceptors (Lipinski definition) is 3. The summed E-state index contributed by atoms with van der Waals surface area (Å²) < 4.78 is 35.3. The Labute approximate surface area is 150 Å². The number of nitrogens with one attached hydrogen (secondary N) is 1. The van der Waals surface area contributed by atoms with Crippen molar-refractivity contribution in [2.45, 2.75) is 37.8 Å². The van der Waals surface area contributed by atoms with Crippen LogP contribution in [0.4, 0.5) is 8.78 Å². The Kier molecular flexibility index (Phi) is 4.26. The van der Waals surface area contributed by atoms with Gasteiger partial charge in [-0.25, -0.2) is 8.78 Å². The summed E-state index contributed by atoms with van der Waals surface area (Å²) >= 11 is 0. The molecule has 1 aliphatic carbocycles. The van der Waals surface area contributed by atoms with Crippen LogP contribution >= 0.6 is 0 Å². The van der Waals surface area contributed by atoms with E-state index >= 15 is 0 Å². The van der Waals surface area contributed by atoms with E-state index in [0.717, 1.165) is 11.3 Å². The highest BCUT2D eigenvalue weighted by Crippen LogP contribution is 2.44. The molecule has 2 heterocycles.